The molecule has 0 fully saturated rings. The van der Waals surface area contributed by atoms with Crippen LogP contribution in [0.5, 0.6) is 0 Å². The molecule has 0 aliphatic carbocycles. The van der Waals surface area contributed by atoms with Gasteiger partial charge in [-0.1, -0.05) is 35.9 Å². The lowest BCUT2D eigenvalue weighted by molar-refractivity contribution is -0.132. The van der Waals surface area contributed by atoms with Crippen molar-refractivity contribution in [2.45, 2.75) is 45.7 Å². The minimum atomic E-state index is -3.95. The number of benzene rings is 2. The topological polar surface area (TPSA) is 57.7 Å². The van der Waals surface area contributed by atoms with Gasteiger partial charge in [-0.05, 0) is 73.5 Å². The summed E-state index contributed by atoms with van der Waals surface area (Å²) < 4.78 is 41.9. The van der Waals surface area contributed by atoms with E-state index in [1.165, 1.54) is 22.5 Å². The summed E-state index contributed by atoms with van der Waals surface area (Å²) >= 11 is 1.54. The van der Waals surface area contributed by atoms with Gasteiger partial charge in [-0.25, -0.2) is 12.8 Å². The highest BCUT2D eigenvalue weighted by Crippen LogP contribution is 2.26. The Kier molecular flexibility index (Phi) is 8.64. The maximum atomic E-state index is 13.7. The van der Waals surface area contributed by atoms with E-state index in [0.29, 0.717) is 17.7 Å². The smallest absolute Gasteiger partial charge is 0.244 e. The molecule has 0 saturated carbocycles. The molecule has 0 N–H and O–H groups in total. The van der Waals surface area contributed by atoms with E-state index in [2.05, 4.69) is 6.58 Å². The molecular formula is C27H31FN2O3S2. The van der Waals surface area contributed by atoms with Crippen LogP contribution in [0.1, 0.15) is 32.7 Å². The zero-order valence-electron chi connectivity index (χ0n) is 20.5. The summed E-state index contributed by atoms with van der Waals surface area (Å²) in [4.78, 5) is 16.4. The maximum absolute atomic E-state index is 13.7. The molecule has 3 rings (SSSR count). The van der Waals surface area contributed by atoms with E-state index in [-0.39, 0.29) is 36.3 Å². The van der Waals surface area contributed by atoms with E-state index in [1.807, 2.05) is 37.4 Å². The number of hydrogen-bond acceptors (Lipinski definition) is 4. The normalized spacial score (nSPS) is 11.6. The molecule has 0 unspecified atom stereocenters. The van der Waals surface area contributed by atoms with Gasteiger partial charge in [0.25, 0.3) is 0 Å². The summed E-state index contributed by atoms with van der Waals surface area (Å²) in [5.41, 5.74) is 4.08. The predicted molar refractivity (Wildman–Crippen MR) is 139 cm³/mol. The van der Waals surface area contributed by atoms with Crippen LogP contribution >= 0.6 is 11.3 Å². The van der Waals surface area contributed by atoms with Gasteiger partial charge in [-0.3, -0.25) is 4.79 Å². The first-order valence-electron chi connectivity index (χ1n) is 11.3. The molecule has 2 aromatic carbocycles. The summed E-state index contributed by atoms with van der Waals surface area (Å²) in [7, 11) is -3.95. The lowest BCUT2D eigenvalue weighted by Crippen LogP contribution is -2.42. The Labute approximate surface area is 211 Å². The standard InChI is InChI=1S/C27H31FN2O3S2/c1-6-12-30(35(32,33)27-21(4)14-19(2)15-22(27)5)18-26(31)29(17-25-20(3)11-13-34-25)16-23-7-9-24(28)10-8-23/h6-11,13-15H,1,12,16-18H2,2-5H3. The number of carbonyl (C=O) groups is 1. The second-order valence-corrected chi connectivity index (χ2v) is 11.6. The number of nitrogens with zero attached hydrogens (tertiary/aromatic N) is 2. The van der Waals surface area contributed by atoms with Gasteiger partial charge in [-0.2, -0.15) is 4.31 Å². The largest absolute Gasteiger partial charge is 0.332 e. The molecule has 0 aliphatic rings. The molecule has 0 atom stereocenters. The highest BCUT2D eigenvalue weighted by molar-refractivity contribution is 7.89. The second-order valence-electron chi connectivity index (χ2n) is 8.72. The Balaban J connectivity index is 1.93. The van der Waals surface area contributed by atoms with Crippen molar-refractivity contribution in [2.75, 3.05) is 13.1 Å². The Hall–Kier alpha value is -2.81. The van der Waals surface area contributed by atoms with Crippen LogP contribution < -0.4 is 0 Å². The zero-order chi connectivity index (χ0) is 25.8. The van der Waals surface area contributed by atoms with Gasteiger partial charge in [0.15, 0.2) is 0 Å². The highest BCUT2D eigenvalue weighted by Gasteiger charge is 2.30. The number of thiophene rings is 1. The fourth-order valence-corrected chi connectivity index (χ4v) is 6.82. The fraction of sp³-hybridized carbons (Fsp3) is 0.296. The Morgan fingerprint density at radius 1 is 1.00 bits per heavy atom. The van der Waals surface area contributed by atoms with E-state index in [0.717, 1.165) is 21.6 Å². The van der Waals surface area contributed by atoms with Crippen LogP contribution in [0.3, 0.4) is 0 Å². The van der Waals surface area contributed by atoms with Crippen LogP contribution in [0.2, 0.25) is 0 Å². The minimum Gasteiger partial charge on any atom is -0.332 e. The number of rotatable bonds is 10. The molecule has 0 spiro atoms. The molecule has 0 aliphatic heterocycles. The van der Waals surface area contributed by atoms with Crippen molar-refractivity contribution in [1.29, 1.82) is 0 Å². The van der Waals surface area contributed by atoms with E-state index in [1.54, 1.807) is 42.2 Å². The van der Waals surface area contributed by atoms with Crippen molar-refractivity contribution >= 4 is 27.3 Å². The summed E-state index contributed by atoms with van der Waals surface area (Å²) in [6.07, 6.45) is 1.48. The number of amides is 1. The minimum absolute atomic E-state index is 0.00322. The lowest BCUT2D eigenvalue weighted by atomic mass is 10.1. The average molecular weight is 515 g/mol. The van der Waals surface area contributed by atoms with Gasteiger partial charge >= 0.3 is 0 Å². The van der Waals surface area contributed by atoms with E-state index in [9.17, 15) is 17.6 Å². The van der Waals surface area contributed by atoms with Gasteiger partial charge < -0.3 is 4.90 Å². The van der Waals surface area contributed by atoms with Gasteiger partial charge in [0.1, 0.15) is 5.82 Å². The van der Waals surface area contributed by atoms with Gasteiger partial charge in [0, 0.05) is 18.0 Å². The van der Waals surface area contributed by atoms with Crippen LogP contribution in [0.25, 0.3) is 0 Å². The van der Waals surface area contributed by atoms with Crippen molar-refractivity contribution in [3.05, 3.63) is 99.0 Å². The van der Waals surface area contributed by atoms with Crippen molar-refractivity contribution in [3.63, 3.8) is 0 Å². The summed E-state index contributed by atoms with van der Waals surface area (Å²) in [6.45, 7) is 11.4. The quantitative estimate of drug-likeness (QED) is 0.335. The van der Waals surface area contributed by atoms with E-state index in [4.69, 9.17) is 0 Å². The van der Waals surface area contributed by atoms with Gasteiger partial charge in [0.05, 0.1) is 18.0 Å². The number of halogens is 1. The summed E-state index contributed by atoms with van der Waals surface area (Å²) in [6, 6.07) is 11.6. The summed E-state index contributed by atoms with van der Waals surface area (Å²) in [5.74, 6) is -0.692. The van der Waals surface area contributed by atoms with Crippen LogP contribution in [-0.4, -0.2) is 36.6 Å². The van der Waals surface area contributed by atoms with Crippen LogP contribution in [0, 0.1) is 33.5 Å². The molecule has 3 aromatic rings. The van der Waals surface area contributed by atoms with Crippen molar-refractivity contribution in [1.82, 2.24) is 9.21 Å². The van der Waals surface area contributed by atoms with Crippen molar-refractivity contribution in [2.24, 2.45) is 0 Å². The molecule has 5 nitrogen and oxygen atoms in total. The first kappa shape index (κ1) is 26.8. The molecule has 35 heavy (non-hydrogen) atoms. The van der Waals surface area contributed by atoms with Crippen molar-refractivity contribution in [3.8, 4) is 0 Å². The third-order valence-electron chi connectivity index (χ3n) is 5.79. The first-order valence-corrected chi connectivity index (χ1v) is 13.6. The molecule has 186 valence electrons. The lowest BCUT2D eigenvalue weighted by Gasteiger charge is -2.28. The van der Waals surface area contributed by atoms with Crippen LogP contribution in [0.15, 0.2) is 65.4 Å². The molecule has 1 amide bonds. The Morgan fingerprint density at radius 2 is 1.63 bits per heavy atom. The van der Waals surface area contributed by atoms with Crippen LogP contribution in [0.4, 0.5) is 4.39 Å². The number of aryl methyl sites for hydroxylation is 4. The monoisotopic (exact) mass is 514 g/mol. The Morgan fingerprint density at radius 3 is 2.17 bits per heavy atom. The van der Waals surface area contributed by atoms with Gasteiger partial charge in [0.2, 0.25) is 15.9 Å². The molecule has 8 heteroatoms. The van der Waals surface area contributed by atoms with Crippen LogP contribution in [-0.2, 0) is 27.9 Å². The number of carbonyl (C=O) groups excluding carboxylic acids is 1. The molecule has 0 saturated heterocycles. The molecule has 0 bridgehead atoms. The average Bonchev–Trinajstić information content (AvgIpc) is 3.17. The maximum Gasteiger partial charge on any atom is 0.244 e. The third kappa shape index (κ3) is 6.45. The fourth-order valence-electron chi connectivity index (χ4n) is 4.13. The predicted octanol–water partition coefficient (Wildman–Crippen LogP) is 5.53. The molecular weight excluding hydrogens is 483 g/mol. The second kappa shape index (κ2) is 11.3. The number of sulfonamides is 1. The molecule has 1 heterocycles. The number of hydrogen-bond donors (Lipinski definition) is 0. The van der Waals surface area contributed by atoms with Crippen molar-refractivity contribution < 1.29 is 17.6 Å². The third-order valence-corrected chi connectivity index (χ3v) is 8.91. The highest BCUT2D eigenvalue weighted by atomic mass is 32.2. The molecule has 1 aromatic heterocycles. The molecule has 0 radical (unpaired) electrons. The van der Waals surface area contributed by atoms with E-state index < -0.39 is 10.0 Å². The summed E-state index contributed by atoms with van der Waals surface area (Å²) in [5, 5.41) is 1.96. The van der Waals surface area contributed by atoms with Gasteiger partial charge in [-0.15, -0.1) is 17.9 Å². The Bertz CT molecular complexity index is 1290. The van der Waals surface area contributed by atoms with E-state index >= 15 is 0 Å². The SMILES string of the molecule is C=CCN(CC(=O)N(Cc1ccc(F)cc1)Cc1sccc1C)S(=O)(=O)c1c(C)cc(C)cc1C. The zero-order valence-corrected chi connectivity index (χ0v) is 22.2. The first-order chi connectivity index (χ1) is 16.5.